The van der Waals surface area contributed by atoms with Gasteiger partial charge >= 0.3 is 0 Å². The van der Waals surface area contributed by atoms with Gasteiger partial charge in [0.15, 0.2) is 16.3 Å². The molecule has 8 heteroatoms. The fraction of sp³-hybridized carbons (Fsp3) is 0.200. The first-order chi connectivity index (χ1) is 13.7. The molecule has 0 spiro atoms. The molecule has 0 radical (unpaired) electrons. The highest BCUT2D eigenvalue weighted by molar-refractivity contribution is 7.21. The minimum absolute atomic E-state index is 0.322. The number of ether oxygens (including phenoxy) is 2. The van der Waals surface area contributed by atoms with E-state index in [1.165, 1.54) is 22.7 Å². The number of thiophene rings is 1. The smallest absolute Gasteiger partial charge is 0.291 e. The molecule has 0 atom stereocenters. The number of halogens is 1. The normalized spacial score (nSPS) is 14.1. The second-order valence-corrected chi connectivity index (χ2v) is 8.69. The molecule has 0 fully saturated rings. The van der Waals surface area contributed by atoms with Gasteiger partial charge in [0.2, 0.25) is 0 Å². The monoisotopic (exact) mass is 430 g/mol. The Hall–Kier alpha value is -2.35. The van der Waals surface area contributed by atoms with Crippen LogP contribution in [0.5, 0.6) is 11.5 Å². The fourth-order valence-electron chi connectivity index (χ4n) is 3.29. The van der Waals surface area contributed by atoms with Crippen molar-refractivity contribution in [3.63, 3.8) is 0 Å². The van der Waals surface area contributed by atoms with Gasteiger partial charge < -0.3 is 14.0 Å². The minimum atomic E-state index is -0.322. The van der Waals surface area contributed by atoms with Gasteiger partial charge in [-0.25, -0.2) is 0 Å². The Morgan fingerprint density at radius 3 is 2.64 bits per heavy atom. The Morgan fingerprint density at radius 1 is 1.14 bits per heavy atom. The van der Waals surface area contributed by atoms with Crippen molar-refractivity contribution in [2.45, 2.75) is 13.5 Å². The molecule has 1 amide bonds. The average Bonchev–Trinajstić information content (AvgIpc) is 3.23. The lowest BCUT2D eigenvalue weighted by Gasteiger charge is -2.18. The number of hydrogen-bond donors (Lipinski definition) is 0. The third-order valence-electron chi connectivity index (χ3n) is 4.59. The van der Waals surface area contributed by atoms with Gasteiger partial charge in [0, 0.05) is 28.8 Å². The van der Waals surface area contributed by atoms with Crippen molar-refractivity contribution in [1.29, 1.82) is 0 Å². The van der Waals surface area contributed by atoms with Gasteiger partial charge in [0.05, 0.1) is 15.2 Å². The fourth-order valence-corrected chi connectivity index (χ4v) is 5.79. The third-order valence-corrected chi connectivity index (χ3v) is 7.29. The van der Waals surface area contributed by atoms with Gasteiger partial charge in [0.1, 0.15) is 18.1 Å². The maximum absolute atomic E-state index is 12.9. The molecule has 0 saturated carbocycles. The van der Waals surface area contributed by atoms with E-state index in [4.69, 9.17) is 21.1 Å². The van der Waals surface area contributed by atoms with Gasteiger partial charge in [-0.3, -0.25) is 4.79 Å². The Balaban J connectivity index is 1.65. The molecule has 0 saturated heterocycles. The van der Waals surface area contributed by atoms with Crippen molar-refractivity contribution >= 4 is 60.5 Å². The Morgan fingerprint density at radius 2 is 1.89 bits per heavy atom. The number of carbonyl (C=O) groups is 1. The summed E-state index contributed by atoms with van der Waals surface area (Å²) < 4.78 is 15.4. The molecule has 0 unspecified atom stereocenters. The van der Waals surface area contributed by atoms with Crippen LogP contribution < -0.4 is 14.3 Å². The van der Waals surface area contributed by atoms with E-state index in [1.54, 1.807) is 0 Å². The van der Waals surface area contributed by atoms with E-state index in [9.17, 15) is 4.79 Å². The van der Waals surface area contributed by atoms with Crippen molar-refractivity contribution in [2.24, 2.45) is 4.99 Å². The summed E-state index contributed by atoms with van der Waals surface area (Å²) in [4.78, 5) is 18.4. The lowest BCUT2D eigenvalue weighted by Crippen LogP contribution is -2.17. The summed E-state index contributed by atoms with van der Waals surface area (Å²) in [6, 6.07) is 11.6. The van der Waals surface area contributed by atoms with Crippen LogP contribution in [0.1, 0.15) is 16.6 Å². The van der Waals surface area contributed by atoms with Gasteiger partial charge in [0.25, 0.3) is 5.91 Å². The number of benzene rings is 2. The van der Waals surface area contributed by atoms with Crippen LogP contribution in [0.2, 0.25) is 5.02 Å². The van der Waals surface area contributed by atoms with E-state index >= 15 is 0 Å². The Labute approximate surface area is 173 Å². The number of nitrogens with zero attached hydrogens (tertiary/aromatic N) is 2. The van der Waals surface area contributed by atoms with Crippen molar-refractivity contribution < 1.29 is 14.3 Å². The van der Waals surface area contributed by atoms with Crippen molar-refractivity contribution in [3.05, 3.63) is 51.1 Å². The van der Waals surface area contributed by atoms with Crippen LogP contribution in [0.15, 0.2) is 41.4 Å². The molecule has 0 N–H and O–H groups in total. The van der Waals surface area contributed by atoms with Crippen molar-refractivity contribution in [3.8, 4) is 11.5 Å². The van der Waals surface area contributed by atoms with Crippen molar-refractivity contribution in [1.82, 2.24) is 4.57 Å². The number of carbonyl (C=O) groups excluding carboxylic acids is 1. The number of amides is 1. The van der Waals surface area contributed by atoms with Crippen LogP contribution in [-0.4, -0.2) is 23.7 Å². The Kier molecular flexibility index (Phi) is 4.38. The largest absolute Gasteiger partial charge is 0.486 e. The number of aromatic nitrogens is 1. The third kappa shape index (κ3) is 2.82. The molecule has 2 aromatic heterocycles. The summed E-state index contributed by atoms with van der Waals surface area (Å²) >= 11 is 9.28. The van der Waals surface area contributed by atoms with Crippen LogP contribution >= 0.6 is 34.3 Å². The molecule has 5 rings (SSSR count). The molecule has 1 aliphatic rings. The highest BCUT2D eigenvalue weighted by Gasteiger charge is 2.19. The second-order valence-electron chi connectivity index (χ2n) is 6.25. The molecule has 4 aromatic rings. The van der Waals surface area contributed by atoms with E-state index in [0.717, 1.165) is 31.8 Å². The molecule has 142 valence electrons. The number of thiazole rings is 1. The maximum Gasteiger partial charge on any atom is 0.291 e. The first kappa shape index (κ1) is 17.7. The van der Waals surface area contributed by atoms with E-state index in [2.05, 4.69) is 4.99 Å². The lowest BCUT2D eigenvalue weighted by atomic mass is 10.2. The van der Waals surface area contributed by atoms with Gasteiger partial charge in [-0.1, -0.05) is 41.1 Å². The van der Waals surface area contributed by atoms with Crippen LogP contribution in [0.3, 0.4) is 0 Å². The van der Waals surface area contributed by atoms with Crippen LogP contribution in [-0.2, 0) is 6.54 Å². The summed E-state index contributed by atoms with van der Waals surface area (Å²) in [6.07, 6.45) is 0. The van der Waals surface area contributed by atoms with E-state index in [1.807, 2.05) is 47.9 Å². The zero-order valence-electron chi connectivity index (χ0n) is 14.9. The molecular weight excluding hydrogens is 416 g/mol. The topological polar surface area (TPSA) is 52.8 Å². The Bertz CT molecular complexity index is 1300. The standard InChI is InChI=1S/C20H15ClN2O3S2/c1-2-23-12-9-13-14(26-8-7-25-13)10-16(12)28-20(23)22-19(24)18-17(21)11-5-3-4-6-15(11)27-18/h3-6,9-10H,2,7-8H2,1H3. The summed E-state index contributed by atoms with van der Waals surface area (Å²) in [7, 11) is 0. The van der Waals surface area contributed by atoms with Crippen LogP contribution in [0.25, 0.3) is 20.3 Å². The zero-order valence-corrected chi connectivity index (χ0v) is 17.3. The molecule has 3 heterocycles. The van der Waals surface area contributed by atoms with E-state index in [-0.39, 0.29) is 5.91 Å². The summed E-state index contributed by atoms with van der Waals surface area (Å²) in [5.74, 6) is 1.13. The lowest BCUT2D eigenvalue weighted by molar-refractivity contribution is 0.100. The predicted molar refractivity (Wildman–Crippen MR) is 113 cm³/mol. The highest BCUT2D eigenvalue weighted by Crippen LogP contribution is 2.37. The SMILES string of the molecule is CCn1c(=NC(=O)c2sc3ccccc3c2Cl)sc2cc3c(cc21)OCCO3. The molecule has 0 bridgehead atoms. The molecule has 28 heavy (non-hydrogen) atoms. The molecular formula is C20H15ClN2O3S2. The molecule has 1 aliphatic heterocycles. The highest BCUT2D eigenvalue weighted by atomic mass is 35.5. The molecule has 5 nitrogen and oxygen atoms in total. The van der Waals surface area contributed by atoms with E-state index in [0.29, 0.717) is 34.5 Å². The maximum atomic E-state index is 12.9. The summed E-state index contributed by atoms with van der Waals surface area (Å²) in [6.45, 7) is 3.79. The number of hydrogen-bond acceptors (Lipinski definition) is 5. The number of aryl methyl sites for hydroxylation is 1. The predicted octanol–water partition coefficient (Wildman–Crippen LogP) is 5.10. The zero-order chi connectivity index (χ0) is 19.3. The average molecular weight is 431 g/mol. The first-order valence-electron chi connectivity index (χ1n) is 8.85. The van der Waals surface area contributed by atoms with Crippen molar-refractivity contribution in [2.75, 3.05) is 13.2 Å². The van der Waals surface area contributed by atoms with Crippen LogP contribution in [0, 0.1) is 0 Å². The first-order valence-corrected chi connectivity index (χ1v) is 10.9. The van der Waals surface area contributed by atoms with Crippen LogP contribution in [0.4, 0.5) is 0 Å². The quantitative estimate of drug-likeness (QED) is 0.444. The number of fused-ring (bicyclic) bond motifs is 3. The molecule has 2 aromatic carbocycles. The molecule has 0 aliphatic carbocycles. The second kappa shape index (κ2) is 6.92. The van der Waals surface area contributed by atoms with Gasteiger partial charge in [-0.05, 0) is 13.0 Å². The number of rotatable bonds is 2. The minimum Gasteiger partial charge on any atom is -0.486 e. The summed E-state index contributed by atoms with van der Waals surface area (Å²) in [5, 5.41) is 1.35. The van der Waals surface area contributed by atoms with Gasteiger partial charge in [-0.2, -0.15) is 4.99 Å². The van der Waals surface area contributed by atoms with E-state index < -0.39 is 0 Å². The summed E-state index contributed by atoms with van der Waals surface area (Å²) in [5.41, 5.74) is 0.978. The van der Waals surface area contributed by atoms with Gasteiger partial charge in [-0.15, -0.1) is 11.3 Å².